The predicted octanol–water partition coefficient (Wildman–Crippen LogP) is 3.05. The summed E-state index contributed by atoms with van der Waals surface area (Å²) in [5, 5.41) is 11.1. The molecule has 16 heavy (non-hydrogen) atoms. The molecular formula is C10H9NO3S2. The number of nitrogens with two attached hydrogens (primary N) is 1. The first-order valence-electron chi connectivity index (χ1n) is 4.39. The van der Waals surface area contributed by atoms with E-state index in [1.54, 1.807) is 17.5 Å². The Morgan fingerprint density at radius 2 is 2.00 bits per heavy atom. The summed E-state index contributed by atoms with van der Waals surface area (Å²) < 4.78 is 5.47. The quantitative estimate of drug-likeness (QED) is 0.499. The molecule has 0 radical (unpaired) electrons. The summed E-state index contributed by atoms with van der Waals surface area (Å²) in [6.07, 6.45) is 0. The molecule has 0 aliphatic carbocycles. The highest BCUT2D eigenvalue weighted by atomic mass is 32.2. The Morgan fingerprint density at radius 1 is 1.25 bits per heavy atom. The largest absolute Gasteiger partial charge is 0.504 e. The molecule has 0 saturated heterocycles. The topological polar surface area (TPSA) is 64.7 Å². The van der Waals surface area contributed by atoms with Gasteiger partial charge in [0, 0.05) is 5.38 Å². The number of benzene rings is 1. The van der Waals surface area contributed by atoms with Gasteiger partial charge in [-0.2, -0.15) is 0 Å². The van der Waals surface area contributed by atoms with E-state index in [0.29, 0.717) is 15.6 Å². The fraction of sp³-hybridized carbons (Fsp3) is 0. The molecule has 0 aliphatic heterocycles. The number of anilines is 1. The second-order valence-corrected chi connectivity index (χ2v) is 4.72. The van der Waals surface area contributed by atoms with Gasteiger partial charge in [0.2, 0.25) is 0 Å². The van der Waals surface area contributed by atoms with E-state index in [-0.39, 0.29) is 5.75 Å². The number of hydrogen-bond acceptors (Lipinski definition) is 6. The number of hydrogen-bond donors (Lipinski definition) is 2. The van der Waals surface area contributed by atoms with Crippen LogP contribution in [0.2, 0.25) is 0 Å². The Hall–Kier alpha value is -1.37. The normalized spacial score (nSPS) is 10.2. The standard InChI is InChI=1S/C10H9NO3S2/c11-8-6-15-10(9(8)12)16-14-13-7-4-2-1-3-5-7/h1-6,12H,11H2. The van der Waals surface area contributed by atoms with Crippen molar-refractivity contribution in [1.82, 2.24) is 0 Å². The zero-order valence-corrected chi connectivity index (χ0v) is 9.75. The van der Waals surface area contributed by atoms with Gasteiger partial charge in [-0.05, 0) is 12.1 Å². The molecule has 1 aromatic heterocycles. The van der Waals surface area contributed by atoms with Gasteiger partial charge in [-0.1, -0.05) is 18.2 Å². The van der Waals surface area contributed by atoms with Crippen molar-refractivity contribution in [3.05, 3.63) is 35.7 Å². The van der Waals surface area contributed by atoms with Crippen LogP contribution in [-0.2, 0) is 4.33 Å². The van der Waals surface area contributed by atoms with Crippen LogP contribution in [0.1, 0.15) is 0 Å². The molecule has 84 valence electrons. The number of para-hydroxylation sites is 1. The molecule has 0 fully saturated rings. The highest BCUT2D eigenvalue weighted by Gasteiger charge is 2.09. The van der Waals surface area contributed by atoms with Crippen LogP contribution < -0.4 is 10.6 Å². The predicted molar refractivity (Wildman–Crippen MR) is 64.4 cm³/mol. The lowest BCUT2D eigenvalue weighted by Gasteiger charge is -2.01. The zero-order chi connectivity index (χ0) is 11.4. The van der Waals surface area contributed by atoms with Gasteiger partial charge in [0.05, 0.1) is 17.7 Å². The Bertz CT molecular complexity index is 458. The van der Waals surface area contributed by atoms with Gasteiger partial charge < -0.3 is 15.7 Å². The van der Waals surface area contributed by atoms with Crippen LogP contribution >= 0.6 is 23.4 Å². The Labute approximate surface area is 101 Å². The maximum absolute atomic E-state index is 9.46. The average Bonchev–Trinajstić information content (AvgIpc) is 2.62. The van der Waals surface area contributed by atoms with Crippen molar-refractivity contribution in [2.75, 3.05) is 5.73 Å². The van der Waals surface area contributed by atoms with Crippen LogP contribution in [0, 0.1) is 0 Å². The van der Waals surface area contributed by atoms with Crippen LogP contribution in [0.4, 0.5) is 5.69 Å². The Morgan fingerprint density at radius 3 is 2.62 bits per heavy atom. The third kappa shape index (κ3) is 2.60. The van der Waals surface area contributed by atoms with Crippen LogP contribution in [0.5, 0.6) is 11.5 Å². The highest BCUT2D eigenvalue weighted by molar-refractivity contribution is 7.96. The van der Waals surface area contributed by atoms with E-state index >= 15 is 0 Å². The molecule has 2 aromatic rings. The van der Waals surface area contributed by atoms with Crippen molar-refractivity contribution in [2.45, 2.75) is 4.21 Å². The molecule has 2 rings (SSSR count). The van der Waals surface area contributed by atoms with E-state index in [1.807, 2.05) is 18.2 Å². The maximum Gasteiger partial charge on any atom is 0.166 e. The van der Waals surface area contributed by atoms with E-state index < -0.39 is 0 Å². The van der Waals surface area contributed by atoms with Gasteiger partial charge in [0.15, 0.2) is 11.5 Å². The van der Waals surface area contributed by atoms with E-state index in [0.717, 1.165) is 12.0 Å². The van der Waals surface area contributed by atoms with Gasteiger partial charge >= 0.3 is 0 Å². The lowest BCUT2D eigenvalue weighted by Crippen LogP contribution is -1.88. The highest BCUT2D eigenvalue weighted by Crippen LogP contribution is 2.39. The van der Waals surface area contributed by atoms with E-state index in [2.05, 4.69) is 0 Å². The Kier molecular flexibility index (Phi) is 3.55. The SMILES string of the molecule is Nc1csc(SOOc2ccccc2)c1O. The summed E-state index contributed by atoms with van der Waals surface area (Å²) in [4.78, 5) is 4.99. The third-order valence-electron chi connectivity index (χ3n) is 1.74. The lowest BCUT2D eigenvalue weighted by atomic mass is 10.3. The molecular weight excluding hydrogens is 246 g/mol. The summed E-state index contributed by atoms with van der Waals surface area (Å²) in [5.41, 5.74) is 5.82. The molecule has 0 saturated carbocycles. The molecule has 3 N–H and O–H groups in total. The van der Waals surface area contributed by atoms with Crippen LogP contribution in [0.15, 0.2) is 39.9 Å². The van der Waals surface area contributed by atoms with Crippen molar-refractivity contribution in [3.8, 4) is 11.5 Å². The van der Waals surface area contributed by atoms with Crippen LogP contribution in [-0.4, -0.2) is 5.11 Å². The van der Waals surface area contributed by atoms with E-state index in [9.17, 15) is 5.11 Å². The zero-order valence-electron chi connectivity index (χ0n) is 8.12. The second kappa shape index (κ2) is 5.11. The molecule has 0 spiro atoms. The van der Waals surface area contributed by atoms with Gasteiger partial charge in [-0.3, -0.25) is 0 Å². The van der Waals surface area contributed by atoms with Gasteiger partial charge in [-0.25, -0.2) is 0 Å². The molecule has 0 bridgehead atoms. The monoisotopic (exact) mass is 255 g/mol. The van der Waals surface area contributed by atoms with Gasteiger partial charge in [0.1, 0.15) is 4.21 Å². The summed E-state index contributed by atoms with van der Waals surface area (Å²) in [6, 6.07) is 9.09. The number of rotatable bonds is 4. The molecule has 1 heterocycles. The summed E-state index contributed by atoms with van der Waals surface area (Å²) in [5.74, 6) is 0.630. The summed E-state index contributed by atoms with van der Waals surface area (Å²) in [7, 11) is 0. The fourth-order valence-corrected chi connectivity index (χ4v) is 2.30. The molecule has 0 aliphatic rings. The summed E-state index contributed by atoms with van der Waals surface area (Å²) >= 11 is 2.22. The smallest absolute Gasteiger partial charge is 0.166 e. The summed E-state index contributed by atoms with van der Waals surface area (Å²) in [6.45, 7) is 0. The van der Waals surface area contributed by atoms with Crippen LogP contribution in [0.25, 0.3) is 0 Å². The number of thiophene rings is 1. The van der Waals surface area contributed by atoms with Crippen molar-refractivity contribution >= 4 is 29.1 Å². The lowest BCUT2D eigenvalue weighted by molar-refractivity contribution is -0.0776. The Balaban J connectivity index is 1.87. The van der Waals surface area contributed by atoms with Crippen molar-refractivity contribution in [2.24, 2.45) is 0 Å². The molecule has 4 nitrogen and oxygen atoms in total. The van der Waals surface area contributed by atoms with E-state index in [4.69, 9.17) is 15.0 Å². The van der Waals surface area contributed by atoms with Gasteiger partial charge in [-0.15, -0.1) is 15.7 Å². The second-order valence-electron chi connectivity index (χ2n) is 2.87. The number of nitrogen functional groups attached to an aromatic ring is 1. The number of aromatic hydroxyl groups is 1. The average molecular weight is 255 g/mol. The maximum atomic E-state index is 9.46. The minimum atomic E-state index is 0.0339. The first-order chi connectivity index (χ1) is 7.77. The molecule has 0 atom stereocenters. The third-order valence-corrected chi connectivity index (χ3v) is 3.50. The first kappa shape index (κ1) is 11.1. The van der Waals surface area contributed by atoms with Crippen LogP contribution in [0.3, 0.4) is 0 Å². The fourth-order valence-electron chi connectivity index (χ4n) is 0.969. The van der Waals surface area contributed by atoms with E-state index in [1.165, 1.54) is 11.3 Å². The van der Waals surface area contributed by atoms with Gasteiger partial charge in [0.25, 0.3) is 0 Å². The minimum Gasteiger partial charge on any atom is -0.504 e. The molecule has 6 heteroatoms. The van der Waals surface area contributed by atoms with Crippen molar-refractivity contribution in [3.63, 3.8) is 0 Å². The van der Waals surface area contributed by atoms with Crippen molar-refractivity contribution < 1.29 is 14.3 Å². The molecule has 0 amide bonds. The van der Waals surface area contributed by atoms with Crippen molar-refractivity contribution in [1.29, 1.82) is 0 Å². The molecule has 1 aromatic carbocycles. The first-order valence-corrected chi connectivity index (χ1v) is 6.01. The molecule has 0 unspecified atom stereocenters. The minimum absolute atomic E-state index is 0.0339.